The number of nitrogens with one attached hydrogen (secondary N) is 1. The van der Waals surface area contributed by atoms with Gasteiger partial charge >= 0.3 is 5.69 Å². The van der Waals surface area contributed by atoms with Crippen molar-refractivity contribution in [2.75, 3.05) is 18.5 Å². The molecule has 0 unspecified atom stereocenters. The van der Waals surface area contributed by atoms with Crippen LogP contribution in [0.4, 0.5) is 11.5 Å². The van der Waals surface area contributed by atoms with Gasteiger partial charge in [0, 0.05) is 24.2 Å². The second-order valence-electron chi connectivity index (χ2n) is 4.29. The highest BCUT2D eigenvalue weighted by atomic mass is 35.5. The highest BCUT2D eigenvalue weighted by molar-refractivity contribution is 6.30. The molecule has 1 fully saturated rings. The largest absolute Gasteiger partial charge is 0.396 e. The van der Waals surface area contributed by atoms with Crippen molar-refractivity contribution in [3.05, 3.63) is 27.4 Å². The van der Waals surface area contributed by atoms with Crippen LogP contribution in [0, 0.1) is 15.5 Å². The first-order valence-electron chi connectivity index (χ1n) is 5.21. The first-order valence-corrected chi connectivity index (χ1v) is 5.59. The predicted octanol–water partition coefficient (Wildman–Crippen LogP) is 1.83. The normalized spacial score (nSPS) is 16.6. The minimum atomic E-state index is -0.528. The van der Waals surface area contributed by atoms with E-state index in [1.165, 1.54) is 12.3 Å². The van der Waals surface area contributed by atoms with Gasteiger partial charge in [0.2, 0.25) is 5.82 Å². The van der Waals surface area contributed by atoms with Gasteiger partial charge in [-0.25, -0.2) is 4.98 Å². The molecule has 0 spiro atoms. The fourth-order valence-corrected chi connectivity index (χ4v) is 1.69. The fourth-order valence-electron chi connectivity index (χ4n) is 1.54. The van der Waals surface area contributed by atoms with E-state index in [0.29, 0.717) is 6.54 Å². The van der Waals surface area contributed by atoms with Gasteiger partial charge in [0.25, 0.3) is 0 Å². The van der Waals surface area contributed by atoms with Crippen LogP contribution in [0.1, 0.15) is 12.8 Å². The molecule has 1 aliphatic rings. The average molecular weight is 258 g/mol. The van der Waals surface area contributed by atoms with E-state index < -0.39 is 4.92 Å². The quantitative estimate of drug-likeness (QED) is 0.621. The number of aliphatic hydroxyl groups excluding tert-OH is 1. The van der Waals surface area contributed by atoms with Crippen molar-refractivity contribution in [2.45, 2.75) is 12.8 Å². The first kappa shape index (κ1) is 12.1. The summed E-state index contributed by atoms with van der Waals surface area (Å²) in [4.78, 5) is 14.2. The maximum atomic E-state index is 10.8. The molecule has 0 aliphatic heterocycles. The van der Waals surface area contributed by atoms with E-state index in [0.717, 1.165) is 12.8 Å². The number of hydrogen-bond donors (Lipinski definition) is 2. The fraction of sp³-hybridized carbons (Fsp3) is 0.500. The number of pyridine rings is 1. The molecule has 1 saturated carbocycles. The Morgan fingerprint density at radius 3 is 2.88 bits per heavy atom. The number of nitro groups is 1. The Balaban J connectivity index is 2.12. The van der Waals surface area contributed by atoms with E-state index >= 15 is 0 Å². The Hall–Kier alpha value is -1.40. The molecular formula is C10H12ClN3O3. The lowest BCUT2D eigenvalue weighted by atomic mass is 10.1. The van der Waals surface area contributed by atoms with Crippen LogP contribution in [-0.4, -0.2) is 28.2 Å². The van der Waals surface area contributed by atoms with Crippen molar-refractivity contribution >= 4 is 23.1 Å². The molecule has 17 heavy (non-hydrogen) atoms. The van der Waals surface area contributed by atoms with Crippen LogP contribution < -0.4 is 5.32 Å². The molecule has 2 rings (SSSR count). The smallest absolute Gasteiger partial charge is 0.312 e. The van der Waals surface area contributed by atoms with Crippen LogP contribution in [0.15, 0.2) is 12.3 Å². The molecule has 1 aromatic rings. The molecular weight excluding hydrogens is 246 g/mol. The Bertz CT molecular complexity index is 448. The van der Waals surface area contributed by atoms with Gasteiger partial charge in [-0.3, -0.25) is 10.1 Å². The number of halogens is 1. The summed E-state index contributed by atoms with van der Waals surface area (Å²) in [5, 5.41) is 23.1. The first-order chi connectivity index (χ1) is 8.06. The topological polar surface area (TPSA) is 88.3 Å². The molecule has 0 atom stereocenters. The minimum Gasteiger partial charge on any atom is -0.396 e. The summed E-state index contributed by atoms with van der Waals surface area (Å²) in [6.07, 6.45) is 3.21. The maximum absolute atomic E-state index is 10.8. The Labute approximate surface area is 103 Å². The van der Waals surface area contributed by atoms with Gasteiger partial charge in [-0.05, 0) is 12.8 Å². The summed E-state index contributed by atoms with van der Waals surface area (Å²) in [6.45, 7) is 0.570. The second-order valence-corrected chi connectivity index (χ2v) is 4.73. The monoisotopic (exact) mass is 257 g/mol. The van der Waals surface area contributed by atoms with E-state index in [2.05, 4.69) is 10.3 Å². The van der Waals surface area contributed by atoms with Crippen LogP contribution in [0.3, 0.4) is 0 Å². The Morgan fingerprint density at radius 1 is 1.65 bits per heavy atom. The lowest BCUT2D eigenvalue weighted by Gasteiger charge is -2.13. The van der Waals surface area contributed by atoms with Crippen LogP contribution in [-0.2, 0) is 0 Å². The number of nitrogens with zero attached hydrogens (tertiary/aromatic N) is 2. The Morgan fingerprint density at radius 2 is 2.35 bits per heavy atom. The van der Waals surface area contributed by atoms with E-state index in [9.17, 15) is 10.1 Å². The minimum absolute atomic E-state index is 0.0847. The molecule has 1 aromatic heterocycles. The number of hydrogen-bond acceptors (Lipinski definition) is 5. The molecule has 2 N–H and O–H groups in total. The van der Waals surface area contributed by atoms with Crippen molar-refractivity contribution < 1.29 is 10.0 Å². The zero-order valence-corrected chi connectivity index (χ0v) is 9.78. The van der Waals surface area contributed by atoms with Crippen molar-refractivity contribution in [3.63, 3.8) is 0 Å². The molecule has 1 heterocycles. The highest BCUT2D eigenvalue weighted by Gasteiger charge is 2.42. The van der Waals surface area contributed by atoms with Gasteiger partial charge in [-0.1, -0.05) is 11.6 Å². The van der Waals surface area contributed by atoms with Crippen molar-refractivity contribution in [1.82, 2.24) is 4.98 Å². The molecule has 1 aliphatic carbocycles. The summed E-state index contributed by atoms with van der Waals surface area (Å²) in [5.74, 6) is 0.194. The number of aromatic nitrogens is 1. The maximum Gasteiger partial charge on any atom is 0.312 e. The van der Waals surface area contributed by atoms with Gasteiger partial charge in [0.15, 0.2) is 0 Å². The summed E-state index contributed by atoms with van der Waals surface area (Å²) >= 11 is 5.66. The molecule has 6 nitrogen and oxygen atoms in total. The van der Waals surface area contributed by atoms with Gasteiger partial charge < -0.3 is 10.4 Å². The summed E-state index contributed by atoms with van der Waals surface area (Å²) in [6, 6.07) is 1.26. The third-order valence-electron chi connectivity index (χ3n) is 2.95. The number of rotatable bonds is 5. The molecule has 0 bridgehead atoms. The van der Waals surface area contributed by atoms with Gasteiger partial charge in [-0.15, -0.1) is 0 Å². The van der Waals surface area contributed by atoms with Crippen LogP contribution in [0.2, 0.25) is 5.02 Å². The summed E-state index contributed by atoms with van der Waals surface area (Å²) in [5.41, 5.74) is -0.277. The lowest BCUT2D eigenvalue weighted by Crippen LogP contribution is -2.20. The highest BCUT2D eigenvalue weighted by Crippen LogP contribution is 2.45. The zero-order chi connectivity index (χ0) is 12.5. The van der Waals surface area contributed by atoms with Crippen LogP contribution in [0.25, 0.3) is 0 Å². The average Bonchev–Trinajstić information content (AvgIpc) is 3.08. The third-order valence-corrected chi connectivity index (χ3v) is 3.16. The van der Waals surface area contributed by atoms with Crippen molar-refractivity contribution in [1.29, 1.82) is 0 Å². The van der Waals surface area contributed by atoms with Gasteiger partial charge in [-0.2, -0.15) is 0 Å². The molecule has 0 aromatic carbocycles. The van der Waals surface area contributed by atoms with E-state index in [4.69, 9.17) is 16.7 Å². The standard InChI is InChI=1S/C10H12ClN3O3/c11-7-3-8(14(16)17)9(12-4-7)13-5-10(6-15)1-2-10/h3-4,15H,1-2,5-6H2,(H,12,13). The van der Waals surface area contributed by atoms with E-state index in [1.807, 2.05) is 0 Å². The molecule has 0 saturated heterocycles. The van der Waals surface area contributed by atoms with Crippen molar-refractivity contribution in [3.8, 4) is 0 Å². The van der Waals surface area contributed by atoms with Gasteiger partial charge in [0.1, 0.15) is 0 Å². The molecule has 0 radical (unpaired) electrons. The third kappa shape index (κ3) is 2.65. The molecule has 0 amide bonds. The summed E-state index contributed by atoms with van der Waals surface area (Å²) in [7, 11) is 0. The number of aliphatic hydroxyl groups is 1. The zero-order valence-electron chi connectivity index (χ0n) is 9.02. The second kappa shape index (κ2) is 4.46. The Kier molecular flexibility index (Phi) is 3.17. The van der Waals surface area contributed by atoms with Crippen LogP contribution in [0.5, 0.6) is 0 Å². The summed E-state index contributed by atoms with van der Waals surface area (Å²) < 4.78 is 0. The van der Waals surface area contributed by atoms with E-state index in [1.54, 1.807) is 0 Å². The number of anilines is 1. The SMILES string of the molecule is O=[N+]([O-])c1cc(Cl)cnc1NCC1(CO)CC1. The molecule has 7 heteroatoms. The molecule has 92 valence electrons. The van der Waals surface area contributed by atoms with E-state index in [-0.39, 0.29) is 28.5 Å². The predicted molar refractivity (Wildman–Crippen MR) is 63.1 cm³/mol. The van der Waals surface area contributed by atoms with Crippen LogP contribution >= 0.6 is 11.6 Å². The van der Waals surface area contributed by atoms with Gasteiger partial charge in [0.05, 0.1) is 16.6 Å². The lowest BCUT2D eigenvalue weighted by molar-refractivity contribution is -0.384. The van der Waals surface area contributed by atoms with Crippen molar-refractivity contribution in [2.24, 2.45) is 5.41 Å².